The lowest BCUT2D eigenvalue weighted by Crippen LogP contribution is -2.59. The monoisotopic (exact) mass is 956 g/mol. The molecule has 2 aromatic carbocycles. The number of aliphatic hydroxyl groups excluding tert-OH is 3. The molecule has 376 valence electrons. The van der Waals surface area contributed by atoms with E-state index in [2.05, 4.69) is 4.98 Å². The third-order valence-corrected chi connectivity index (χ3v) is 14.5. The molecule has 2 aliphatic heterocycles. The van der Waals surface area contributed by atoms with E-state index in [1.807, 2.05) is 68.1 Å². The minimum Gasteiger partial charge on any atom is -0.459 e. The number of hydrogen-bond acceptors (Lipinski definition) is 13. The number of para-hydroxylation sites is 1. The number of carbonyl (C=O) groups is 1. The van der Waals surface area contributed by atoms with Crippen molar-refractivity contribution < 1.29 is 57.7 Å². The fourth-order valence-electron chi connectivity index (χ4n) is 10.5. The molecule has 2 aromatic heterocycles. The Kier molecular flexibility index (Phi) is 16.9. The molecule has 17 heteroatoms. The summed E-state index contributed by atoms with van der Waals surface area (Å²) in [5, 5.41) is 64.8. The van der Waals surface area contributed by atoms with E-state index in [0.29, 0.717) is 49.3 Å². The molecule has 4 heterocycles. The van der Waals surface area contributed by atoms with Gasteiger partial charge in [-0.25, -0.2) is 0 Å². The van der Waals surface area contributed by atoms with Gasteiger partial charge in [-0.1, -0.05) is 51.1 Å². The van der Waals surface area contributed by atoms with Crippen LogP contribution in [0.1, 0.15) is 86.6 Å². The zero-order valence-corrected chi connectivity index (χ0v) is 41.0. The van der Waals surface area contributed by atoms with Gasteiger partial charge in [0.05, 0.1) is 52.8 Å². The summed E-state index contributed by atoms with van der Waals surface area (Å²) in [6.45, 7) is 14.8. The number of cyclic esters (lactones) is 1. The highest BCUT2D eigenvalue weighted by Crippen LogP contribution is 2.40. The molecule has 2 aliphatic rings. The number of esters is 1. The maximum absolute atomic E-state index is 13.9. The van der Waals surface area contributed by atoms with Gasteiger partial charge in [0.2, 0.25) is 0 Å². The molecule has 1 unspecified atom stereocenters. The number of likely N-dealkylation sites (N-methyl/N-ethyl adjacent to an activating group) is 2. The van der Waals surface area contributed by atoms with Crippen molar-refractivity contribution in [1.29, 1.82) is 0 Å². The highest BCUT2D eigenvalue weighted by atomic mass is 19.4. The molecule has 5 N–H and O–H groups in total. The standard InChI is InChI=1S/C51H72F3N5O9/c1-11-41-50(8,65)45(62)33(6)58(10)28-29(2)26-49(7,64)46(31(4)43(60)32(5)47(63)67-41)68-48-44(61)40(24-30(3)66-48)57(9)22-15-23-59-42(37-20-21-55-39-19-13-12-18-36(37)39)38(27-56-59)34-16-14-17-35(25-34)51(52,53)54/h12-14,16-21,25,27,29-33,40-41,43-46,48,60-62,64-65H,11,15,22-24,26,28H2,1-10H3/t29-,30-,31+,32-,33-,40?,41-,43+,44-,45-,46-,48+,49-,50-/m1/s1. The third-order valence-electron chi connectivity index (χ3n) is 14.5. The van der Waals surface area contributed by atoms with Gasteiger partial charge in [0, 0.05) is 53.8 Å². The molecule has 2 saturated heterocycles. The van der Waals surface area contributed by atoms with Crippen LogP contribution in [0.5, 0.6) is 0 Å². The first-order valence-corrected chi connectivity index (χ1v) is 23.9. The van der Waals surface area contributed by atoms with Crippen LogP contribution in [0.2, 0.25) is 0 Å². The van der Waals surface area contributed by atoms with Crippen LogP contribution in [0.15, 0.2) is 67.0 Å². The van der Waals surface area contributed by atoms with E-state index in [1.54, 1.807) is 50.8 Å². The molecule has 68 heavy (non-hydrogen) atoms. The number of rotatable bonds is 10. The third kappa shape index (κ3) is 11.6. The van der Waals surface area contributed by atoms with E-state index in [4.69, 9.17) is 19.3 Å². The van der Waals surface area contributed by atoms with Crippen molar-refractivity contribution in [2.75, 3.05) is 27.2 Å². The Balaban J connectivity index is 1.24. The van der Waals surface area contributed by atoms with Crippen LogP contribution >= 0.6 is 0 Å². The van der Waals surface area contributed by atoms with Crippen LogP contribution in [0.4, 0.5) is 13.2 Å². The van der Waals surface area contributed by atoms with Gasteiger partial charge >= 0.3 is 12.1 Å². The Morgan fingerprint density at radius 1 is 0.971 bits per heavy atom. The molecule has 0 radical (unpaired) electrons. The van der Waals surface area contributed by atoms with Crippen LogP contribution in [-0.2, 0) is 31.7 Å². The van der Waals surface area contributed by atoms with Gasteiger partial charge < -0.3 is 49.5 Å². The van der Waals surface area contributed by atoms with Gasteiger partial charge in [-0.3, -0.25) is 14.5 Å². The van der Waals surface area contributed by atoms with E-state index in [1.165, 1.54) is 19.9 Å². The van der Waals surface area contributed by atoms with Crippen molar-refractivity contribution in [1.82, 2.24) is 24.6 Å². The predicted molar refractivity (Wildman–Crippen MR) is 252 cm³/mol. The van der Waals surface area contributed by atoms with E-state index < -0.39 is 95.7 Å². The molecule has 0 bridgehead atoms. The molecular formula is C51H72F3N5O9. The van der Waals surface area contributed by atoms with Gasteiger partial charge in [0.1, 0.15) is 23.9 Å². The van der Waals surface area contributed by atoms with E-state index in [9.17, 15) is 43.5 Å². The Morgan fingerprint density at radius 2 is 1.68 bits per heavy atom. The minimum absolute atomic E-state index is 0.163. The lowest BCUT2D eigenvalue weighted by atomic mass is 9.78. The van der Waals surface area contributed by atoms with Gasteiger partial charge in [-0.05, 0) is 117 Å². The number of ether oxygens (including phenoxy) is 3. The van der Waals surface area contributed by atoms with E-state index in [-0.39, 0.29) is 18.8 Å². The fourth-order valence-corrected chi connectivity index (χ4v) is 10.5. The molecule has 0 spiro atoms. The number of aliphatic hydroxyl groups is 5. The van der Waals surface area contributed by atoms with Crippen LogP contribution in [0, 0.1) is 17.8 Å². The number of aryl methyl sites for hydroxylation is 1. The molecule has 2 fully saturated rings. The van der Waals surface area contributed by atoms with Crippen LogP contribution in [0.3, 0.4) is 0 Å². The summed E-state index contributed by atoms with van der Waals surface area (Å²) in [6, 6.07) is 13.6. The number of nitrogens with zero attached hydrogens (tertiary/aromatic N) is 5. The molecule has 4 aromatic rings. The number of aromatic nitrogens is 3. The summed E-state index contributed by atoms with van der Waals surface area (Å²) in [7, 11) is 3.69. The lowest BCUT2D eigenvalue weighted by molar-refractivity contribution is -0.299. The van der Waals surface area contributed by atoms with Crippen molar-refractivity contribution in [3.63, 3.8) is 0 Å². The SMILES string of the molecule is CC[C@H]1OC(=O)[C@H](C)[C@@H](O)[C@H](C)[C@@H](O[C@@H]2O[C@H](C)CC(N(C)CCCn3ncc(-c4cccc(C(F)(F)F)c4)c3-c3ccnc4ccccc34)[C@H]2O)[C@](C)(O)C[C@@H](C)CN(C)[C@H](C)[C@@H](O)[C@]1(C)O. The topological polar surface area (TPSA) is 183 Å². The average molecular weight is 956 g/mol. The highest BCUT2D eigenvalue weighted by molar-refractivity contribution is 5.97. The molecular weight excluding hydrogens is 884 g/mol. The van der Waals surface area contributed by atoms with Crippen molar-refractivity contribution in [3.8, 4) is 22.4 Å². The number of hydrogen-bond donors (Lipinski definition) is 5. The maximum atomic E-state index is 13.9. The number of carbonyl (C=O) groups excluding carboxylic acids is 1. The van der Waals surface area contributed by atoms with Crippen LogP contribution < -0.4 is 0 Å². The zero-order chi connectivity index (χ0) is 50.0. The zero-order valence-electron chi connectivity index (χ0n) is 41.0. The summed E-state index contributed by atoms with van der Waals surface area (Å²) >= 11 is 0. The lowest BCUT2D eigenvalue weighted by Gasteiger charge is -2.47. The normalized spacial score (nSPS) is 34.1. The number of alkyl halides is 3. The Morgan fingerprint density at radius 3 is 2.37 bits per heavy atom. The molecule has 14 atom stereocenters. The fraction of sp³-hybridized carbons (Fsp3) is 0.627. The Labute approximate surface area is 398 Å². The van der Waals surface area contributed by atoms with Crippen LogP contribution in [0.25, 0.3) is 33.3 Å². The van der Waals surface area contributed by atoms with Gasteiger partial charge in [0.25, 0.3) is 0 Å². The van der Waals surface area contributed by atoms with E-state index in [0.717, 1.165) is 28.6 Å². The number of pyridine rings is 1. The van der Waals surface area contributed by atoms with Gasteiger partial charge in [0.15, 0.2) is 6.29 Å². The molecule has 0 saturated carbocycles. The number of benzene rings is 2. The van der Waals surface area contributed by atoms with Crippen molar-refractivity contribution >= 4 is 16.9 Å². The Hall–Kier alpha value is -4.04. The van der Waals surface area contributed by atoms with Gasteiger partial charge in [-0.2, -0.15) is 18.3 Å². The highest BCUT2D eigenvalue weighted by Gasteiger charge is 2.50. The Bertz CT molecular complexity index is 2310. The summed E-state index contributed by atoms with van der Waals surface area (Å²) in [6.07, 6.45) is -7.77. The van der Waals surface area contributed by atoms with Crippen molar-refractivity contribution in [3.05, 3.63) is 72.6 Å². The second kappa shape index (κ2) is 21.5. The molecule has 6 rings (SSSR count). The van der Waals surface area contributed by atoms with Crippen molar-refractivity contribution in [2.24, 2.45) is 17.8 Å². The second-order valence-corrected chi connectivity index (χ2v) is 20.1. The molecule has 0 amide bonds. The minimum atomic E-state index is -4.53. The summed E-state index contributed by atoms with van der Waals surface area (Å²) in [5.74, 6) is -3.03. The summed E-state index contributed by atoms with van der Waals surface area (Å²) in [5.41, 5.74) is -1.16. The first-order valence-electron chi connectivity index (χ1n) is 23.9. The van der Waals surface area contributed by atoms with Crippen LogP contribution in [-0.4, -0.2) is 149 Å². The maximum Gasteiger partial charge on any atom is 0.416 e. The van der Waals surface area contributed by atoms with Gasteiger partial charge in [-0.15, -0.1) is 0 Å². The average Bonchev–Trinajstić information content (AvgIpc) is 3.71. The van der Waals surface area contributed by atoms with E-state index >= 15 is 0 Å². The summed E-state index contributed by atoms with van der Waals surface area (Å²) in [4.78, 5) is 22.1. The second-order valence-electron chi connectivity index (χ2n) is 20.1. The quantitative estimate of drug-likeness (QED) is 0.108. The first kappa shape index (κ1) is 53.3. The largest absolute Gasteiger partial charge is 0.459 e. The first-order chi connectivity index (χ1) is 31.9. The number of halogens is 3. The number of fused-ring (bicyclic) bond motifs is 1. The van der Waals surface area contributed by atoms with Crippen molar-refractivity contribution in [2.45, 2.75) is 160 Å². The molecule has 14 nitrogen and oxygen atoms in total. The molecule has 0 aliphatic carbocycles. The smallest absolute Gasteiger partial charge is 0.416 e. The predicted octanol–water partition coefficient (Wildman–Crippen LogP) is 6.53. The summed E-state index contributed by atoms with van der Waals surface area (Å²) < 4.78 is 62.2.